The number of halogens is 1. The van der Waals surface area contributed by atoms with Gasteiger partial charge in [-0.25, -0.2) is 0 Å². The molecule has 0 bridgehead atoms. The highest BCUT2D eigenvalue weighted by Crippen LogP contribution is 2.21. The van der Waals surface area contributed by atoms with Crippen LogP contribution in [0.4, 0.5) is 0 Å². The molecule has 1 fully saturated rings. The van der Waals surface area contributed by atoms with Crippen molar-refractivity contribution in [1.29, 1.82) is 0 Å². The molecule has 0 aliphatic carbocycles. The molecule has 2 rings (SSSR count). The van der Waals surface area contributed by atoms with Gasteiger partial charge in [-0.05, 0) is 73.1 Å². The summed E-state index contributed by atoms with van der Waals surface area (Å²) in [5.41, 5.74) is 1.39. The molecule has 1 aromatic rings. The summed E-state index contributed by atoms with van der Waals surface area (Å²) in [6.07, 6.45) is 1.26. The lowest BCUT2D eigenvalue weighted by molar-refractivity contribution is 0.168. The maximum Gasteiger partial charge on any atom is 0.0294 e. The molecule has 1 saturated heterocycles. The van der Waals surface area contributed by atoms with Crippen LogP contribution in [0.3, 0.4) is 0 Å². The van der Waals surface area contributed by atoms with E-state index in [0.29, 0.717) is 12.1 Å². The summed E-state index contributed by atoms with van der Waals surface area (Å²) < 4.78 is 1.30. The normalized spacial score (nSPS) is 27.1. The third-order valence-corrected chi connectivity index (χ3v) is 4.66. The van der Waals surface area contributed by atoms with Crippen LogP contribution in [-0.4, -0.2) is 31.1 Å². The Balaban J connectivity index is 1.94. The molecule has 1 aliphatic heterocycles. The standard InChI is InChI=1S/C15H23IN2/c1-11-10-18(3)9-8-15(11)17-12(2)13-4-6-14(16)7-5-13/h4-7,11-12,15,17H,8-10H2,1-3H3. The predicted octanol–water partition coefficient (Wildman–Crippen LogP) is 3.28. The quantitative estimate of drug-likeness (QED) is 0.835. The number of hydrogen-bond acceptors (Lipinski definition) is 2. The first-order valence-corrected chi connectivity index (χ1v) is 7.84. The molecule has 18 heavy (non-hydrogen) atoms. The third-order valence-electron chi connectivity index (χ3n) is 3.94. The molecule has 1 aliphatic rings. The predicted molar refractivity (Wildman–Crippen MR) is 85.8 cm³/mol. The molecule has 0 spiro atoms. The van der Waals surface area contributed by atoms with E-state index in [0.717, 1.165) is 5.92 Å². The Kier molecular flexibility index (Phi) is 5.04. The van der Waals surface area contributed by atoms with Crippen LogP contribution in [0.5, 0.6) is 0 Å². The molecule has 0 aromatic heterocycles. The molecule has 3 heteroatoms. The lowest BCUT2D eigenvalue weighted by Gasteiger charge is -2.37. The van der Waals surface area contributed by atoms with E-state index in [9.17, 15) is 0 Å². The number of likely N-dealkylation sites (tertiary alicyclic amines) is 1. The lowest BCUT2D eigenvalue weighted by atomic mass is 9.93. The summed E-state index contributed by atoms with van der Waals surface area (Å²) in [6, 6.07) is 9.93. The number of nitrogens with zero attached hydrogens (tertiary/aromatic N) is 1. The van der Waals surface area contributed by atoms with Gasteiger partial charge in [-0.1, -0.05) is 19.1 Å². The van der Waals surface area contributed by atoms with Gasteiger partial charge in [-0.2, -0.15) is 0 Å². The maximum atomic E-state index is 3.80. The molecule has 1 N–H and O–H groups in total. The monoisotopic (exact) mass is 358 g/mol. The fourth-order valence-corrected chi connectivity index (χ4v) is 3.13. The molecule has 0 radical (unpaired) electrons. The third kappa shape index (κ3) is 3.68. The molecule has 0 amide bonds. The average molecular weight is 358 g/mol. The minimum atomic E-state index is 0.442. The van der Waals surface area contributed by atoms with E-state index in [1.54, 1.807) is 0 Å². The van der Waals surface area contributed by atoms with Gasteiger partial charge in [0.2, 0.25) is 0 Å². The Morgan fingerprint density at radius 1 is 1.33 bits per heavy atom. The van der Waals surface area contributed by atoms with E-state index in [1.807, 2.05) is 0 Å². The number of rotatable bonds is 3. The van der Waals surface area contributed by atoms with Crippen molar-refractivity contribution in [2.24, 2.45) is 5.92 Å². The summed E-state index contributed by atoms with van der Waals surface area (Å²) in [5.74, 6) is 0.732. The Morgan fingerprint density at radius 2 is 2.00 bits per heavy atom. The lowest BCUT2D eigenvalue weighted by Crippen LogP contribution is -2.47. The molecule has 2 nitrogen and oxygen atoms in total. The van der Waals surface area contributed by atoms with Gasteiger partial charge in [0, 0.05) is 22.2 Å². The summed E-state index contributed by atoms with van der Waals surface area (Å²) >= 11 is 2.35. The molecular weight excluding hydrogens is 335 g/mol. The first-order valence-electron chi connectivity index (χ1n) is 6.76. The summed E-state index contributed by atoms with van der Waals surface area (Å²) in [5, 5.41) is 3.80. The average Bonchev–Trinajstić information content (AvgIpc) is 2.33. The van der Waals surface area contributed by atoms with E-state index in [-0.39, 0.29) is 0 Å². The van der Waals surface area contributed by atoms with Gasteiger partial charge in [0.1, 0.15) is 0 Å². The Morgan fingerprint density at radius 3 is 2.61 bits per heavy atom. The smallest absolute Gasteiger partial charge is 0.0294 e. The zero-order chi connectivity index (χ0) is 13.1. The van der Waals surface area contributed by atoms with Crippen molar-refractivity contribution in [2.45, 2.75) is 32.4 Å². The Hall–Kier alpha value is -0.130. The van der Waals surface area contributed by atoms with Crippen molar-refractivity contribution in [3.63, 3.8) is 0 Å². The Labute approximate surface area is 124 Å². The van der Waals surface area contributed by atoms with Crippen molar-refractivity contribution < 1.29 is 0 Å². The molecule has 1 heterocycles. The zero-order valence-corrected chi connectivity index (χ0v) is 13.6. The van der Waals surface area contributed by atoms with Crippen LogP contribution in [0.2, 0.25) is 0 Å². The van der Waals surface area contributed by atoms with Crippen LogP contribution in [0.25, 0.3) is 0 Å². The second kappa shape index (κ2) is 6.35. The van der Waals surface area contributed by atoms with Gasteiger partial charge in [-0.3, -0.25) is 0 Å². The SMILES string of the molecule is CC(NC1CCN(C)CC1C)c1ccc(I)cc1. The number of benzene rings is 1. The molecule has 3 atom stereocenters. The zero-order valence-electron chi connectivity index (χ0n) is 11.5. The van der Waals surface area contributed by atoms with Crippen molar-refractivity contribution in [3.8, 4) is 0 Å². The van der Waals surface area contributed by atoms with E-state index < -0.39 is 0 Å². The highest BCUT2D eigenvalue weighted by atomic mass is 127. The molecule has 3 unspecified atom stereocenters. The topological polar surface area (TPSA) is 15.3 Å². The van der Waals surface area contributed by atoms with Crippen LogP contribution in [0.1, 0.15) is 31.9 Å². The van der Waals surface area contributed by atoms with Crippen LogP contribution >= 0.6 is 22.6 Å². The van der Waals surface area contributed by atoms with Crippen molar-refractivity contribution >= 4 is 22.6 Å². The summed E-state index contributed by atoms with van der Waals surface area (Å²) in [6.45, 7) is 7.04. The van der Waals surface area contributed by atoms with E-state index >= 15 is 0 Å². The molecular formula is C15H23IN2. The highest BCUT2D eigenvalue weighted by Gasteiger charge is 2.25. The fraction of sp³-hybridized carbons (Fsp3) is 0.600. The van der Waals surface area contributed by atoms with Crippen molar-refractivity contribution in [2.75, 3.05) is 20.1 Å². The van der Waals surface area contributed by atoms with Gasteiger partial charge >= 0.3 is 0 Å². The van der Waals surface area contributed by atoms with Crippen molar-refractivity contribution in [1.82, 2.24) is 10.2 Å². The van der Waals surface area contributed by atoms with Gasteiger partial charge in [-0.15, -0.1) is 0 Å². The van der Waals surface area contributed by atoms with Crippen LogP contribution in [-0.2, 0) is 0 Å². The first kappa shape index (κ1) is 14.3. The number of nitrogens with one attached hydrogen (secondary N) is 1. The molecule has 1 aromatic carbocycles. The fourth-order valence-electron chi connectivity index (χ4n) is 2.77. The van der Waals surface area contributed by atoms with Crippen LogP contribution < -0.4 is 5.32 Å². The van der Waals surface area contributed by atoms with E-state index in [4.69, 9.17) is 0 Å². The van der Waals surface area contributed by atoms with E-state index in [2.05, 4.69) is 78.0 Å². The molecule has 0 saturated carbocycles. The second-order valence-electron chi connectivity index (χ2n) is 5.57. The van der Waals surface area contributed by atoms with E-state index in [1.165, 1.54) is 28.6 Å². The summed E-state index contributed by atoms with van der Waals surface area (Å²) in [4.78, 5) is 2.43. The largest absolute Gasteiger partial charge is 0.307 e. The van der Waals surface area contributed by atoms with Gasteiger partial charge < -0.3 is 10.2 Å². The van der Waals surface area contributed by atoms with Gasteiger partial charge in [0.25, 0.3) is 0 Å². The van der Waals surface area contributed by atoms with Crippen LogP contribution in [0, 0.1) is 9.49 Å². The highest BCUT2D eigenvalue weighted by molar-refractivity contribution is 14.1. The van der Waals surface area contributed by atoms with Gasteiger partial charge in [0.05, 0.1) is 0 Å². The summed E-state index contributed by atoms with van der Waals surface area (Å²) in [7, 11) is 2.22. The van der Waals surface area contributed by atoms with Crippen molar-refractivity contribution in [3.05, 3.63) is 33.4 Å². The van der Waals surface area contributed by atoms with Crippen LogP contribution in [0.15, 0.2) is 24.3 Å². The Bertz CT molecular complexity index is 377. The molecule has 100 valence electrons. The van der Waals surface area contributed by atoms with Gasteiger partial charge in [0.15, 0.2) is 0 Å². The number of hydrogen-bond donors (Lipinski definition) is 1. The first-order chi connectivity index (χ1) is 8.56. The number of piperidine rings is 1. The minimum Gasteiger partial charge on any atom is -0.307 e. The minimum absolute atomic E-state index is 0.442. The second-order valence-corrected chi connectivity index (χ2v) is 6.82. The maximum absolute atomic E-state index is 3.80.